The molecule has 0 heterocycles. The fraction of sp³-hybridized carbons (Fsp3) is 0.400. The third-order valence-corrected chi connectivity index (χ3v) is 8.71. The molecule has 0 N–H and O–H groups in total. The number of benzene rings is 3. The summed E-state index contributed by atoms with van der Waals surface area (Å²) >= 11 is 0. The maximum atomic E-state index is 13.4. The average Bonchev–Trinajstić information content (AvgIpc) is 3.19. The van der Waals surface area contributed by atoms with E-state index in [1.165, 1.54) is 31.4 Å². The fourth-order valence-electron chi connectivity index (χ4n) is 5.47. The lowest BCUT2D eigenvalue weighted by atomic mass is 10.1. The number of esters is 5. The van der Waals surface area contributed by atoms with Gasteiger partial charge in [0, 0.05) is 11.6 Å². The molecule has 0 saturated heterocycles. The molecular weight excluding hydrogens is 700 g/mol. The molecule has 0 aromatic heterocycles. The molecule has 10 nitrogen and oxygen atoms in total. The Kier molecular flexibility index (Phi) is 19.7. The van der Waals surface area contributed by atoms with Gasteiger partial charge in [-0.05, 0) is 92.3 Å². The van der Waals surface area contributed by atoms with Crippen molar-refractivity contribution < 1.29 is 47.7 Å². The van der Waals surface area contributed by atoms with Crippen LogP contribution in [-0.2, 0) is 30.2 Å². The van der Waals surface area contributed by atoms with Gasteiger partial charge in [-0.25, -0.2) is 24.0 Å². The molecule has 0 bridgehead atoms. The highest BCUT2D eigenvalue weighted by molar-refractivity contribution is 5.97. The summed E-state index contributed by atoms with van der Waals surface area (Å²) in [5, 5.41) is 0. The van der Waals surface area contributed by atoms with Crippen LogP contribution in [0.5, 0.6) is 11.5 Å². The van der Waals surface area contributed by atoms with Gasteiger partial charge in [0.2, 0.25) is 0 Å². The SMILES string of the molecule is C=C(C)C(=O)OCCCCCCCCCCCOC(=O)c1cc(OC(=O)c2ccc(C=CC(=O)OC)cc2)ccc1OC(=O)c1ccc(CCCCC)cc1. The van der Waals surface area contributed by atoms with Crippen LogP contribution in [0.2, 0.25) is 0 Å². The Morgan fingerprint density at radius 2 is 1.20 bits per heavy atom. The first-order valence-electron chi connectivity index (χ1n) is 19.1. The molecule has 0 radical (unpaired) electrons. The van der Waals surface area contributed by atoms with Crippen molar-refractivity contribution >= 4 is 35.9 Å². The number of unbranched alkanes of at least 4 members (excludes halogenated alkanes) is 10. The zero-order chi connectivity index (χ0) is 39.8. The van der Waals surface area contributed by atoms with E-state index in [4.69, 9.17) is 18.9 Å². The second-order valence-corrected chi connectivity index (χ2v) is 13.3. The molecule has 3 aromatic carbocycles. The number of hydrogen-bond acceptors (Lipinski definition) is 10. The largest absolute Gasteiger partial charge is 0.466 e. The quantitative estimate of drug-likeness (QED) is 0.0286. The summed E-state index contributed by atoms with van der Waals surface area (Å²) in [5.41, 5.74) is 2.75. The second kappa shape index (κ2) is 24.7. The van der Waals surface area contributed by atoms with E-state index in [0.717, 1.165) is 82.6 Å². The van der Waals surface area contributed by atoms with E-state index in [0.29, 0.717) is 29.7 Å². The van der Waals surface area contributed by atoms with Gasteiger partial charge in [-0.2, -0.15) is 0 Å². The average molecular weight is 755 g/mol. The van der Waals surface area contributed by atoms with Crippen LogP contribution in [0.4, 0.5) is 0 Å². The fourth-order valence-corrected chi connectivity index (χ4v) is 5.47. The van der Waals surface area contributed by atoms with Crippen LogP contribution in [0.1, 0.15) is 133 Å². The molecule has 0 fully saturated rings. The molecule has 0 aliphatic heterocycles. The normalized spacial score (nSPS) is 10.8. The van der Waals surface area contributed by atoms with E-state index in [-0.39, 0.29) is 35.2 Å². The molecule has 294 valence electrons. The lowest BCUT2D eigenvalue weighted by Crippen LogP contribution is -2.14. The first kappa shape index (κ1) is 43.9. The highest BCUT2D eigenvalue weighted by Crippen LogP contribution is 2.27. The van der Waals surface area contributed by atoms with E-state index in [9.17, 15) is 24.0 Å². The van der Waals surface area contributed by atoms with Gasteiger partial charge in [0.15, 0.2) is 0 Å². The second-order valence-electron chi connectivity index (χ2n) is 13.3. The van der Waals surface area contributed by atoms with Gasteiger partial charge in [-0.15, -0.1) is 0 Å². The molecule has 55 heavy (non-hydrogen) atoms. The number of ether oxygens (including phenoxy) is 5. The van der Waals surface area contributed by atoms with E-state index in [2.05, 4.69) is 18.2 Å². The summed E-state index contributed by atoms with van der Waals surface area (Å²) in [7, 11) is 1.28. The van der Waals surface area contributed by atoms with Crippen molar-refractivity contribution in [2.45, 2.75) is 97.3 Å². The Hall–Kier alpha value is -5.51. The van der Waals surface area contributed by atoms with Crippen LogP contribution in [0.15, 0.2) is 85.0 Å². The Morgan fingerprint density at radius 1 is 0.636 bits per heavy atom. The highest BCUT2D eigenvalue weighted by Gasteiger charge is 2.21. The van der Waals surface area contributed by atoms with Crippen LogP contribution < -0.4 is 9.47 Å². The van der Waals surface area contributed by atoms with Crippen molar-refractivity contribution in [1.82, 2.24) is 0 Å². The van der Waals surface area contributed by atoms with E-state index >= 15 is 0 Å². The highest BCUT2D eigenvalue weighted by atomic mass is 16.6. The number of aryl methyl sites for hydroxylation is 1. The summed E-state index contributed by atoms with van der Waals surface area (Å²) in [5.74, 6) is -2.80. The molecular formula is C45H54O10. The number of methoxy groups -OCH3 is 1. The molecule has 0 saturated carbocycles. The Morgan fingerprint density at radius 3 is 1.78 bits per heavy atom. The minimum atomic E-state index is -0.706. The molecule has 10 heteroatoms. The van der Waals surface area contributed by atoms with Crippen molar-refractivity contribution in [1.29, 1.82) is 0 Å². The number of carbonyl (C=O) groups is 5. The lowest BCUT2D eigenvalue weighted by Gasteiger charge is -2.13. The standard InChI is InChI=1S/C45H54O10/c1-5-6-14-17-34-18-23-37(24-19-34)44(49)55-40-28-27-38(54-43(48)36-25-20-35(21-26-36)22-29-41(46)51-4)32-39(40)45(50)53-31-16-13-11-9-7-8-10-12-15-30-52-42(47)33(2)3/h18-29,32H,2,5-17,30-31H2,1,3-4H3. The molecule has 0 atom stereocenters. The van der Waals surface area contributed by atoms with Gasteiger partial charge in [-0.1, -0.05) is 95.6 Å². The summed E-state index contributed by atoms with van der Waals surface area (Å²) in [6.07, 6.45) is 15.8. The topological polar surface area (TPSA) is 132 Å². The summed E-state index contributed by atoms with van der Waals surface area (Å²) in [4.78, 5) is 62.3. The molecule has 0 unspecified atom stereocenters. The van der Waals surface area contributed by atoms with E-state index in [1.807, 2.05) is 12.1 Å². The number of hydrogen-bond donors (Lipinski definition) is 0. The van der Waals surface area contributed by atoms with Gasteiger partial charge in [0.05, 0.1) is 31.5 Å². The monoisotopic (exact) mass is 754 g/mol. The summed E-state index contributed by atoms with van der Waals surface area (Å²) in [6, 6.07) is 17.8. The first-order valence-corrected chi connectivity index (χ1v) is 19.1. The van der Waals surface area contributed by atoms with Crippen LogP contribution in [0.25, 0.3) is 6.08 Å². The molecule has 0 aliphatic rings. The van der Waals surface area contributed by atoms with Gasteiger partial charge >= 0.3 is 29.8 Å². The third-order valence-electron chi connectivity index (χ3n) is 8.71. The van der Waals surface area contributed by atoms with Gasteiger partial charge in [-0.3, -0.25) is 0 Å². The van der Waals surface area contributed by atoms with Crippen molar-refractivity contribution in [2.24, 2.45) is 0 Å². The van der Waals surface area contributed by atoms with Crippen molar-refractivity contribution in [3.05, 3.63) is 113 Å². The van der Waals surface area contributed by atoms with Crippen LogP contribution in [0, 0.1) is 0 Å². The summed E-state index contributed by atoms with van der Waals surface area (Å²) < 4.78 is 26.6. The zero-order valence-electron chi connectivity index (χ0n) is 32.4. The van der Waals surface area contributed by atoms with Crippen LogP contribution in [0.3, 0.4) is 0 Å². The summed E-state index contributed by atoms with van der Waals surface area (Å²) in [6.45, 7) is 7.96. The van der Waals surface area contributed by atoms with E-state index in [1.54, 1.807) is 49.4 Å². The minimum absolute atomic E-state index is 0.0162. The first-order chi connectivity index (χ1) is 26.6. The van der Waals surface area contributed by atoms with Crippen molar-refractivity contribution in [3.8, 4) is 11.5 Å². The van der Waals surface area contributed by atoms with Gasteiger partial charge < -0.3 is 23.7 Å². The number of rotatable bonds is 24. The van der Waals surface area contributed by atoms with Crippen LogP contribution >= 0.6 is 0 Å². The zero-order valence-corrected chi connectivity index (χ0v) is 32.4. The lowest BCUT2D eigenvalue weighted by molar-refractivity contribution is -0.139. The van der Waals surface area contributed by atoms with Gasteiger partial charge in [0.1, 0.15) is 17.1 Å². The Bertz CT molecular complexity index is 1740. The van der Waals surface area contributed by atoms with Gasteiger partial charge in [0.25, 0.3) is 0 Å². The molecule has 0 amide bonds. The Labute approximate surface area is 324 Å². The third kappa shape index (κ3) is 16.6. The maximum Gasteiger partial charge on any atom is 0.343 e. The van der Waals surface area contributed by atoms with Crippen molar-refractivity contribution in [3.63, 3.8) is 0 Å². The minimum Gasteiger partial charge on any atom is -0.466 e. The van der Waals surface area contributed by atoms with E-state index < -0.39 is 23.9 Å². The molecule has 0 aliphatic carbocycles. The van der Waals surface area contributed by atoms with Crippen LogP contribution in [-0.4, -0.2) is 50.2 Å². The van der Waals surface area contributed by atoms with Crippen molar-refractivity contribution in [2.75, 3.05) is 20.3 Å². The number of carbonyl (C=O) groups excluding carboxylic acids is 5. The smallest absolute Gasteiger partial charge is 0.343 e. The molecule has 3 rings (SSSR count). The maximum absolute atomic E-state index is 13.4. The molecule has 3 aromatic rings. The Balaban J connectivity index is 1.57. The predicted molar refractivity (Wildman–Crippen MR) is 211 cm³/mol. The molecule has 0 spiro atoms. The predicted octanol–water partition coefficient (Wildman–Crippen LogP) is 9.83.